The van der Waals surface area contributed by atoms with Crippen molar-refractivity contribution in [2.24, 2.45) is 0 Å². The predicted octanol–water partition coefficient (Wildman–Crippen LogP) is 2.82. The Bertz CT molecular complexity index is 475. The van der Waals surface area contributed by atoms with Gasteiger partial charge >= 0.3 is 0 Å². The molecule has 1 aromatic rings. The van der Waals surface area contributed by atoms with Crippen LogP contribution in [0.3, 0.4) is 0 Å². The van der Waals surface area contributed by atoms with Crippen molar-refractivity contribution in [3.8, 4) is 0 Å². The van der Waals surface area contributed by atoms with E-state index in [2.05, 4.69) is 17.1 Å². The van der Waals surface area contributed by atoms with Crippen LogP contribution in [-0.2, 0) is 6.54 Å². The minimum atomic E-state index is -0.395. The minimum Gasteiger partial charge on any atom is -0.309 e. The Morgan fingerprint density at radius 1 is 1.45 bits per heavy atom. The highest BCUT2D eigenvalue weighted by atomic mass is 35.5. The van der Waals surface area contributed by atoms with E-state index in [4.69, 9.17) is 11.6 Å². The van der Waals surface area contributed by atoms with Crippen molar-refractivity contribution in [2.75, 3.05) is 19.6 Å². The molecule has 1 aliphatic heterocycles. The predicted molar refractivity (Wildman–Crippen MR) is 80.1 cm³/mol. The first-order chi connectivity index (χ1) is 9.56. The molecule has 0 amide bonds. The largest absolute Gasteiger partial charge is 0.309 e. The number of benzene rings is 1. The quantitative estimate of drug-likeness (QED) is 0.648. The van der Waals surface area contributed by atoms with Gasteiger partial charge in [-0.1, -0.05) is 11.6 Å². The van der Waals surface area contributed by atoms with Gasteiger partial charge in [0.05, 0.1) is 4.92 Å². The minimum absolute atomic E-state index is 0.0818. The fraction of sp³-hybridized carbons (Fsp3) is 0.571. The van der Waals surface area contributed by atoms with Gasteiger partial charge in [-0.3, -0.25) is 10.1 Å². The third-order valence-corrected chi connectivity index (χ3v) is 3.98. The van der Waals surface area contributed by atoms with E-state index in [1.807, 2.05) is 0 Å². The Morgan fingerprint density at radius 3 is 2.80 bits per heavy atom. The molecule has 1 N–H and O–H groups in total. The van der Waals surface area contributed by atoms with Crippen LogP contribution in [0.1, 0.15) is 25.3 Å². The third-order valence-electron chi connectivity index (χ3n) is 3.61. The van der Waals surface area contributed by atoms with Crippen LogP contribution >= 0.6 is 11.6 Å². The standard InChI is InChI=1S/C14H20ClN3O2/c1-11(10-17-6-2-3-7-17)16-9-12-8-13(18(19)20)4-5-14(12)15/h4-5,8,11,16H,2-3,6-7,9-10H2,1H3. The van der Waals surface area contributed by atoms with E-state index < -0.39 is 4.92 Å². The molecule has 0 bridgehead atoms. The van der Waals surface area contributed by atoms with Crippen molar-refractivity contribution in [1.29, 1.82) is 0 Å². The molecule has 5 nitrogen and oxygen atoms in total. The van der Waals surface area contributed by atoms with Gasteiger partial charge in [0, 0.05) is 36.3 Å². The van der Waals surface area contributed by atoms with Gasteiger partial charge in [0.2, 0.25) is 0 Å². The van der Waals surface area contributed by atoms with E-state index in [9.17, 15) is 10.1 Å². The Kier molecular flexibility index (Phi) is 5.34. The van der Waals surface area contributed by atoms with E-state index in [1.54, 1.807) is 6.07 Å². The number of likely N-dealkylation sites (tertiary alicyclic amines) is 1. The number of rotatable bonds is 6. The summed E-state index contributed by atoms with van der Waals surface area (Å²) in [7, 11) is 0. The molecule has 0 aliphatic carbocycles. The number of nitrogens with zero attached hydrogens (tertiary/aromatic N) is 2. The lowest BCUT2D eigenvalue weighted by atomic mass is 10.2. The molecule has 110 valence electrons. The van der Waals surface area contributed by atoms with Crippen molar-refractivity contribution < 1.29 is 4.92 Å². The van der Waals surface area contributed by atoms with E-state index in [-0.39, 0.29) is 5.69 Å². The molecular formula is C14H20ClN3O2. The van der Waals surface area contributed by atoms with Crippen LogP contribution < -0.4 is 5.32 Å². The first-order valence-corrected chi connectivity index (χ1v) is 7.32. The van der Waals surface area contributed by atoms with Crippen LogP contribution in [0.15, 0.2) is 18.2 Å². The summed E-state index contributed by atoms with van der Waals surface area (Å²) in [4.78, 5) is 12.8. The van der Waals surface area contributed by atoms with Gasteiger partial charge in [-0.2, -0.15) is 0 Å². The van der Waals surface area contributed by atoms with E-state index >= 15 is 0 Å². The number of hydrogen-bond acceptors (Lipinski definition) is 4. The van der Waals surface area contributed by atoms with Crippen LogP contribution in [0.25, 0.3) is 0 Å². The number of nitro benzene ring substituents is 1. The zero-order valence-electron chi connectivity index (χ0n) is 11.6. The fourth-order valence-electron chi connectivity index (χ4n) is 2.51. The highest BCUT2D eigenvalue weighted by molar-refractivity contribution is 6.31. The lowest BCUT2D eigenvalue weighted by Gasteiger charge is -2.21. The summed E-state index contributed by atoms with van der Waals surface area (Å²) >= 11 is 6.08. The fourth-order valence-corrected chi connectivity index (χ4v) is 2.70. The number of nitro groups is 1. The molecule has 20 heavy (non-hydrogen) atoms. The second-order valence-electron chi connectivity index (χ2n) is 5.32. The number of nitrogens with one attached hydrogen (secondary N) is 1. The molecule has 6 heteroatoms. The summed E-state index contributed by atoms with van der Waals surface area (Å²) in [6.07, 6.45) is 2.56. The summed E-state index contributed by atoms with van der Waals surface area (Å²) in [5, 5.41) is 14.7. The van der Waals surface area contributed by atoms with Gasteiger partial charge in [0.25, 0.3) is 5.69 Å². The molecule has 1 heterocycles. The third kappa shape index (κ3) is 4.16. The second-order valence-corrected chi connectivity index (χ2v) is 5.73. The summed E-state index contributed by atoms with van der Waals surface area (Å²) in [5.74, 6) is 0. The van der Waals surface area contributed by atoms with Crippen LogP contribution in [0.5, 0.6) is 0 Å². The molecular weight excluding hydrogens is 278 g/mol. The van der Waals surface area contributed by atoms with E-state index in [0.717, 1.165) is 12.1 Å². The first kappa shape index (κ1) is 15.2. The van der Waals surface area contributed by atoms with Gasteiger partial charge < -0.3 is 10.2 Å². The molecule has 1 atom stereocenters. The maximum Gasteiger partial charge on any atom is 0.269 e. The molecule has 1 unspecified atom stereocenters. The maximum absolute atomic E-state index is 10.8. The van der Waals surface area contributed by atoms with Gasteiger partial charge in [-0.25, -0.2) is 0 Å². The van der Waals surface area contributed by atoms with Crippen molar-refractivity contribution in [3.63, 3.8) is 0 Å². The second kappa shape index (κ2) is 7.02. The molecule has 0 spiro atoms. The zero-order valence-corrected chi connectivity index (χ0v) is 12.4. The Hall–Kier alpha value is -1.17. The Labute approximate surface area is 124 Å². The van der Waals surface area contributed by atoms with Crippen LogP contribution in [0, 0.1) is 10.1 Å². The molecule has 2 rings (SSSR count). The van der Waals surface area contributed by atoms with Gasteiger partial charge in [-0.15, -0.1) is 0 Å². The lowest BCUT2D eigenvalue weighted by Crippen LogP contribution is -2.37. The van der Waals surface area contributed by atoms with E-state index in [0.29, 0.717) is 17.6 Å². The normalized spacial score (nSPS) is 17.3. The topological polar surface area (TPSA) is 58.4 Å². The summed E-state index contributed by atoms with van der Waals surface area (Å²) in [6.45, 7) is 6.03. The average molecular weight is 298 g/mol. The molecule has 1 aromatic carbocycles. The van der Waals surface area contributed by atoms with Crippen molar-refractivity contribution in [2.45, 2.75) is 32.4 Å². The van der Waals surface area contributed by atoms with Crippen molar-refractivity contribution >= 4 is 17.3 Å². The summed E-state index contributed by atoms with van der Waals surface area (Å²) in [5.41, 5.74) is 0.854. The van der Waals surface area contributed by atoms with Gasteiger partial charge in [-0.05, 0) is 44.5 Å². The Morgan fingerprint density at radius 2 is 2.15 bits per heavy atom. The first-order valence-electron chi connectivity index (χ1n) is 6.95. The van der Waals surface area contributed by atoms with Crippen LogP contribution in [-0.4, -0.2) is 35.5 Å². The number of hydrogen-bond donors (Lipinski definition) is 1. The van der Waals surface area contributed by atoms with Gasteiger partial charge in [0.15, 0.2) is 0 Å². The molecule has 0 saturated carbocycles. The highest BCUT2D eigenvalue weighted by Gasteiger charge is 2.15. The lowest BCUT2D eigenvalue weighted by molar-refractivity contribution is -0.384. The highest BCUT2D eigenvalue weighted by Crippen LogP contribution is 2.22. The van der Waals surface area contributed by atoms with Crippen LogP contribution in [0.4, 0.5) is 5.69 Å². The molecule has 1 aliphatic rings. The number of non-ortho nitro benzene ring substituents is 1. The summed E-state index contributed by atoms with van der Waals surface area (Å²) in [6, 6.07) is 4.89. The number of halogens is 1. The SMILES string of the molecule is CC(CN1CCCC1)NCc1cc([N+](=O)[O-])ccc1Cl. The zero-order chi connectivity index (χ0) is 14.5. The monoisotopic (exact) mass is 297 g/mol. The maximum atomic E-state index is 10.8. The Balaban J connectivity index is 1.89. The van der Waals surface area contributed by atoms with Gasteiger partial charge in [0.1, 0.15) is 0 Å². The molecule has 1 saturated heterocycles. The molecule has 0 radical (unpaired) electrons. The average Bonchev–Trinajstić information content (AvgIpc) is 2.90. The van der Waals surface area contributed by atoms with Crippen LogP contribution in [0.2, 0.25) is 5.02 Å². The van der Waals surface area contributed by atoms with E-state index in [1.165, 1.54) is 38.1 Å². The summed E-state index contributed by atoms with van der Waals surface area (Å²) < 4.78 is 0. The molecule has 1 fully saturated rings. The van der Waals surface area contributed by atoms with Crippen molar-refractivity contribution in [1.82, 2.24) is 10.2 Å². The molecule has 0 aromatic heterocycles. The van der Waals surface area contributed by atoms with Crippen molar-refractivity contribution in [3.05, 3.63) is 38.9 Å². The smallest absolute Gasteiger partial charge is 0.269 e.